The van der Waals surface area contributed by atoms with Crippen LogP contribution in [0, 0.1) is 0 Å². The van der Waals surface area contributed by atoms with Gasteiger partial charge in [-0.3, -0.25) is 14.7 Å². The molecular weight excluding hydrogens is 485 g/mol. The monoisotopic (exact) mass is 525 g/mol. The average molecular weight is 526 g/mol. The molecule has 1 aliphatic carbocycles. The minimum atomic E-state index is 0. The molecule has 28 heavy (non-hydrogen) atoms. The van der Waals surface area contributed by atoms with E-state index in [1.54, 1.807) is 0 Å². The zero-order chi connectivity index (χ0) is 19.7. The summed E-state index contributed by atoms with van der Waals surface area (Å²) in [5.74, 6) is 3.50. The molecule has 1 saturated carbocycles. The molecule has 0 radical (unpaired) electrons. The highest BCUT2D eigenvalue weighted by atomic mass is 127. The number of hydrogen-bond acceptors (Lipinski definition) is 4. The van der Waals surface area contributed by atoms with E-state index in [4.69, 9.17) is 4.99 Å². The molecule has 0 aromatic carbocycles. The van der Waals surface area contributed by atoms with Gasteiger partial charge >= 0.3 is 0 Å². The maximum absolute atomic E-state index is 12.5. The van der Waals surface area contributed by atoms with Gasteiger partial charge in [-0.25, -0.2) is 0 Å². The minimum Gasteiger partial charge on any atom is -0.357 e. The van der Waals surface area contributed by atoms with Gasteiger partial charge in [0.2, 0.25) is 5.91 Å². The smallest absolute Gasteiger partial charge is 0.242 e. The fraction of sp³-hybridized carbons (Fsp3) is 0.900. The number of rotatable bonds is 8. The molecule has 8 heteroatoms. The van der Waals surface area contributed by atoms with Crippen LogP contribution in [0.2, 0.25) is 0 Å². The predicted octanol–water partition coefficient (Wildman–Crippen LogP) is 2.73. The lowest BCUT2D eigenvalue weighted by Gasteiger charge is -2.42. The van der Waals surface area contributed by atoms with E-state index in [1.807, 2.05) is 30.7 Å². The van der Waals surface area contributed by atoms with Crippen molar-refractivity contribution in [1.29, 1.82) is 0 Å². The Hall–Kier alpha value is -0.220. The van der Waals surface area contributed by atoms with Crippen LogP contribution in [0.15, 0.2) is 4.99 Å². The Morgan fingerprint density at radius 3 is 2.29 bits per heavy atom. The van der Waals surface area contributed by atoms with E-state index in [9.17, 15) is 4.79 Å². The second-order valence-electron chi connectivity index (χ2n) is 7.62. The maximum Gasteiger partial charge on any atom is 0.242 e. The summed E-state index contributed by atoms with van der Waals surface area (Å²) in [6.07, 6.45) is 5.13. The summed E-state index contributed by atoms with van der Waals surface area (Å²) in [7, 11) is 1.97. The number of nitrogens with one attached hydrogen (secondary N) is 1. The molecule has 1 N–H and O–H groups in total. The Balaban J connectivity index is 0.00000392. The molecule has 0 atom stereocenters. The molecule has 0 unspecified atom stereocenters. The van der Waals surface area contributed by atoms with Gasteiger partial charge in [0.05, 0.1) is 13.1 Å². The Morgan fingerprint density at radius 1 is 1.14 bits per heavy atom. The molecule has 2 aliphatic rings. The SMILES string of the molecule is CCNC(=NCC1(N2CCSCC2)CCCC1)N(C)CC(=O)N(CC)CC.I. The molecule has 1 saturated heterocycles. The van der Waals surface area contributed by atoms with Gasteiger partial charge in [-0.1, -0.05) is 12.8 Å². The number of hydrogen-bond donors (Lipinski definition) is 1. The van der Waals surface area contributed by atoms with Crippen LogP contribution in [-0.4, -0.2) is 96.5 Å². The van der Waals surface area contributed by atoms with Gasteiger partial charge in [-0.05, 0) is 33.6 Å². The minimum absolute atomic E-state index is 0. The molecule has 6 nitrogen and oxygen atoms in total. The number of guanidine groups is 1. The second kappa shape index (κ2) is 13.2. The molecule has 0 aromatic heterocycles. The van der Waals surface area contributed by atoms with Crippen LogP contribution >= 0.6 is 35.7 Å². The van der Waals surface area contributed by atoms with Gasteiger partial charge in [0.15, 0.2) is 5.96 Å². The molecule has 1 aliphatic heterocycles. The Kier molecular flexibility index (Phi) is 12.1. The molecule has 164 valence electrons. The van der Waals surface area contributed by atoms with Crippen LogP contribution in [0.4, 0.5) is 0 Å². The lowest BCUT2D eigenvalue weighted by Crippen LogP contribution is -2.53. The van der Waals surface area contributed by atoms with Crippen molar-refractivity contribution >= 4 is 47.6 Å². The number of carbonyl (C=O) groups is 1. The summed E-state index contributed by atoms with van der Waals surface area (Å²) in [5.41, 5.74) is 0.228. The highest BCUT2D eigenvalue weighted by Gasteiger charge is 2.40. The van der Waals surface area contributed by atoms with Crippen molar-refractivity contribution in [3.8, 4) is 0 Å². The van der Waals surface area contributed by atoms with E-state index >= 15 is 0 Å². The summed E-state index contributed by atoms with van der Waals surface area (Å²) in [5, 5.41) is 3.39. The van der Waals surface area contributed by atoms with Crippen LogP contribution in [0.5, 0.6) is 0 Å². The van der Waals surface area contributed by atoms with Crippen LogP contribution < -0.4 is 5.32 Å². The quantitative estimate of drug-likeness (QED) is 0.300. The van der Waals surface area contributed by atoms with Crippen molar-refractivity contribution in [2.24, 2.45) is 4.99 Å². The van der Waals surface area contributed by atoms with E-state index < -0.39 is 0 Å². The number of thioether (sulfide) groups is 1. The summed E-state index contributed by atoms with van der Waals surface area (Å²) < 4.78 is 0. The fourth-order valence-corrected chi connectivity index (χ4v) is 5.19. The van der Waals surface area contributed by atoms with Crippen LogP contribution in [0.25, 0.3) is 0 Å². The number of halogens is 1. The van der Waals surface area contributed by atoms with Crippen molar-refractivity contribution in [1.82, 2.24) is 20.0 Å². The zero-order valence-electron chi connectivity index (χ0n) is 18.2. The number of carbonyl (C=O) groups excluding carboxylic acids is 1. The number of amides is 1. The van der Waals surface area contributed by atoms with Crippen molar-refractivity contribution in [2.45, 2.75) is 52.0 Å². The first-order valence-electron chi connectivity index (χ1n) is 10.7. The molecule has 1 amide bonds. The first-order chi connectivity index (χ1) is 13.1. The lowest BCUT2D eigenvalue weighted by atomic mass is 9.95. The normalized spacial score (nSPS) is 19.8. The van der Waals surface area contributed by atoms with Crippen molar-refractivity contribution in [3.63, 3.8) is 0 Å². The van der Waals surface area contributed by atoms with Gasteiger partial charge in [0, 0.05) is 56.8 Å². The number of likely N-dealkylation sites (N-methyl/N-ethyl adjacent to an activating group) is 2. The van der Waals surface area contributed by atoms with Crippen molar-refractivity contribution < 1.29 is 4.79 Å². The first-order valence-corrected chi connectivity index (χ1v) is 11.8. The molecule has 0 spiro atoms. The van der Waals surface area contributed by atoms with Gasteiger partial charge < -0.3 is 15.1 Å². The molecule has 1 heterocycles. The van der Waals surface area contributed by atoms with Gasteiger partial charge in [-0.15, -0.1) is 24.0 Å². The third kappa shape index (κ3) is 6.93. The van der Waals surface area contributed by atoms with Crippen LogP contribution in [0.3, 0.4) is 0 Å². The molecule has 2 rings (SSSR count). The number of aliphatic imine (C=N–C) groups is 1. The van der Waals surface area contributed by atoms with E-state index in [2.05, 4.69) is 28.9 Å². The summed E-state index contributed by atoms with van der Waals surface area (Å²) in [4.78, 5) is 24.1. The lowest BCUT2D eigenvalue weighted by molar-refractivity contribution is -0.131. The van der Waals surface area contributed by atoms with Gasteiger partial charge in [-0.2, -0.15) is 11.8 Å². The summed E-state index contributed by atoms with van der Waals surface area (Å²) >= 11 is 2.07. The van der Waals surface area contributed by atoms with E-state index in [0.717, 1.165) is 32.1 Å². The third-order valence-corrected chi connectivity index (χ3v) is 6.87. The highest BCUT2D eigenvalue weighted by Crippen LogP contribution is 2.37. The average Bonchev–Trinajstić information content (AvgIpc) is 3.17. The Labute approximate surface area is 193 Å². The Bertz CT molecular complexity index is 489. The maximum atomic E-state index is 12.5. The summed E-state index contributed by atoms with van der Waals surface area (Å²) in [6, 6.07) is 0. The van der Waals surface area contributed by atoms with E-state index in [-0.39, 0.29) is 35.4 Å². The Morgan fingerprint density at radius 2 is 1.75 bits per heavy atom. The van der Waals surface area contributed by atoms with Crippen molar-refractivity contribution in [2.75, 3.05) is 64.4 Å². The fourth-order valence-electron chi connectivity index (χ4n) is 4.29. The second-order valence-corrected chi connectivity index (χ2v) is 8.85. The highest BCUT2D eigenvalue weighted by molar-refractivity contribution is 14.0. The largest absolute Gasteiger partial charge is 0.357 e. The number of nitrogens with zero attached hydrogens (tertiary/aromatic N) is 4. The van der Waals surface area contributed by atoms with E-state index in [0.29, 0.717) is 6.54 Å². The first kappa shape index (κ1) is 25.8. The van der Waals surface area contributed by atoms with Gasteiger partial charge in [0.25, 0.3) is 0 Å². The van der Waals surface area contributed by atoms with E-state index in [1.165, 1.54) is 50.3 Å². The van der Waals surface area contributed by atoms with Gasteiger partial charge in [0.1, 0.15) is 0 Å². The topological polar surface area (TPSA) is 51.2 Å². The van der Waals surface area contributed by atoms with Crippen LogP contribution in [0.1, 0.15) is 46.5 Å². The third-order valence-electron chi connectivity index (χ3n) is 5.92. The molecule has 0 bridgehead atoms. The van der Waals surface area contributed by atoms with Crippen molar-refractivity contribution in [3.05, 3.63) is 0 Å². The molecular formula is C20H40IN5OS. The zero-order valence-corrected chi connectivity index (χ0v) is 21.4. The molecule has 0 aromatic rings. The van der Waals surface area contributed by atoms with Crippen LogP contribution in [-0.2, 0) is 4.79 Å². The molecule has 2 fully saturated rings. The summed E-state index contributed by atoms with van der Waals surface area (Å²) in [6.45, 7) is 12.1. The predicted molar refractivity (Wildman–Crippen MR) is 132 cm³/mol. The standard InChI is InChI=1S/C20H39N5OS.HI/c1-5-21-19(23(4)16-18(26)24(6-2)7-3)22-17-20(10-8-9-11-20)25-12-14-27-15-13-25;/h5-17H2,1-4H3,(H,21,22);1H.